The summed E-state index contributed by atoms with van der Waals surface area (Å²) >= 11 is 0. The van der Waals surface area contributed by atoms with Crippen molar-refractivity contribution < 1.29 is 22.1 Å². The fourth-order valence-corrected chi connectivity index (χ4v) is 0.983. The molecule has 6 heteroatoms. The maximum absolute atomic E-state index is 11.0. The van der Waals surface area contributed by atoms with Gasteiger partial charge in [0.2, 0.25) is 0 Å². The SMILES string of the molecule is O=C(O)c1cccc(C(=O)OP)c1.[H-].[H-].[Mg+2]. The van der Waals surface area contributed by atoms with Gasteiger partial charge in [0.05, 0.1) is 20.6 Å². The van der Waals surface area contributed by atoms with Crippen LogP contribution < -0.4 is 0 Å². The minimum absolute atomic E-state index is 0. The van der Waals surface area contributed by atoms with Gasteiger partial charge >= 0.3 is 35.0 Å². The molecule has 0 spiro atoms. The van der Waals surface area contributed by atoms with Gasteiger partial charge in [0, 0.05) is 0 Å². The van der Waals surface area contributed by atoms with Crippen molar-refractivity contribution in [2.75, 3.05) is 0 Å². The van der Waals surface area contributed by atoms with Crippen LogP contribution in [0.3, 0.4) is 0 Å². The first-order valence-electron chi connectivity index (χ1n) is 3.39. The van der Waals surface area contributed by atoms with Crippen molar-refractivity contribution in [2.45, 2.75) is 0 Å². The zero-order chi connectivity index (χ0) is 9.84. The van der Waals surface area contributed by atoms with Crippen LogP contribution in [0.25, 0.3) is 0 Å². The molecule has 0 aliphatic rings. The molecule has 72 valence electrons. The first-order chi connectivity index (χ1) is 6.15. The molecule has 0 bridgehead atoms. The number of carboxylic acids is 1. The third-order valence-electron chi connectivity index (χ3n) is 1.45. The molecule has 0 amide bonds. The molecule has 1 unspecified atom stereocenters. The zero-order valence-electron chi connectivity index (χ0n) is 9.27. The molecular formula is C8H9MgO4P. The van der Waals surface area contributed by atoms with E-state index in [2.05, 4.69) is 4.52 Å². The Balaban J connectivity index is -0.000000563. The van der Waals surface area contributed by atoms with E-state index in [1.165, 1.54) is 24.3 Å². The van der Waals surface area contributed by atoms with Crippen LogP contribution in [0.5, 0.6) is 0 Å². The van der Waals surface area contributed by atoms with E-state index in [1.807, 2.05) is 9.47 Å². The molecule has 0 radical (unpaired) electrons. The maximum Gasteiger partial charge on any atom is 2.00 e. The minimum Gasteiger partial charge on any atom is -1.00 e. The van der Waals surface area contributed by atoms with Crippen LogP contribution in [0, 0.1) is 0 Å². The van der Waals surface area contributed by atoms with Crippen LogP contribution >= 0.6 is 9.47 Å². The molecule has 14 heavy (non-hydrogen) atoms. The Morgan fingerprint density at radius 2 is 1.93 bits per heavy atom. The number of carbonyl (C=O) groups is 2. The van der Waals surface area contributed by atoms with Crippen molar-refractivity contribution in [1.82, 2.24) is 0 Å². The smallest absolute Gasteiger partial charge is 1.00 e. The van der Waals surface area contributed by atoms with Gasteiger partial charge in [-0.1, -0.05) is 6.07 Å². The van der Waals surface area contributed by atoms with Crippen LogP contribution in [0.2, 0.25) is 0 Å². The summed E-state index contributed by atoms with van der Waals surface area (Å²) in [5.74, 6) is -1.65. The topological polar surface area (TPSA) is 63.6 Å². The van der Waals surface area contributed by atoms with Crippen molar-refractivity contribution in [3.05, 3.63) is 35.4 Å². The number of benzene rings is 1. The number of hydrogen-bond acceptors (Lipinski definition) is 3. The standard InChI is InChI=1S/C8H7O4P.Mg.2H/c9-7(10)5-2-1-3-6(4-5)8(11)12-13;;;/h1-4H,13H2,(H,9,10);;;/q;+2;2*-1. The average molecular weight is 224 g/mol. The van der Waals surface area contributed by atoms with Crippen molar-refractivity contribution in [3.8, 4) is 0 Å². The Kier molecular flexibility index (Phi) is 5.68. The normalized spacial score (nSPS) is 8.64. The van der Waals surface area contributed by atoms with Gasteiger partial charge in [0.15, 0.2) is 0 Å². The molecule has 1 aromatic rings. The fourth-order valence-electron chi connectivity index (χ4n) is 0.847. The zero-order valence-corrected chi connectivity index (χ0v) is 9.83. The Morgan fingerprint density at radius 3 is 2.43 bits per heavy atom. The van der Waals surface area contributed by atoms with Gasteiger partial charge in [0.1, 0.15) is 0 Å². The summed E-state index contributed by atoms with van der Waals surface area (Å²) in [5, 5.41) is 8.61. The van der Waals surface area contributed by atoms with Crippen LogP contribution in [0.15, 0.2) is 24.3 Å². The van der Waals surface area contributed by atoms with Gasteiger partial charge in [-0.05, 0) is 18.2 Å². The summed E-state index contributed by atoms with van der Waals surface area (Å²) in [7, 11) is 1.81. The summed E-state index contributed by atoms with van der Waals surface area (Å²) in [4.78, 5) is 21.5. The van der Waals surface area contributed by atoms with Crippen molar-refractivity contribution in [2.24, 2.45) is 0 Å². The van der Waals surface area contributed by atoms with Crippen LogP contribution in [-0.4, -0.2) is 40.1 Å². The van der Waals surface area contributed by atoms with E-state index in [-0.39, 0.29) is 37.0 Å². The minimum atomic E-state index is -1.07. The number of carbonyl (C=O) groups excluding carboxylic acids is 1. The third-order valence-corrected chi connectivity index (χ3v) is 1.67. The van der Waals surface area contributed by atoms with Crippen molar-refractivity contribution >= 4 is 44.5 Å². The fraction of sp³-hybridized carbons (Fsp3) is 0. The van der Waals surface area contributed by atoms with Crippen LogP contribution in [0.1, 0.15) is 23.6 Å². The molecular weight excluding hydrogens is 215 g/mol. The Morgan fingerprint density at radius 1 is 1.36 bits per heavy atom. The second-order valence-corrected chi connectivity index (χ2v) is 2.53. The van der Waals surface area contributed by atoms with Crippen molar-refractivity contribution in [3.63, 3.8) is 0 Å². The monoisotopic (exact) mass is 224 g/mol. The van der Waals surface area contributed by atoms with Crippen LogP contribution in [0.4, 0.5) is 0 Å². The molecule has 4 nitrogen and oxygen atoms in total. The number of hydrogen-bond donors (Lipinski definition) is 1. The molecule has 0 fully saturated rings. The van der Waals surface area contributed by atoms with Crippen molar-refractivity contribution in [1.29, 1.82) is 0 Å². The molecule has 0 aromatic heterocycles. The molecule has 1 atom stereocenters. The number of aromatic carboxylic acids is 1. The first-order valence-corrected chi connectivity index (χ1v) is 3.86. The van der Waals surface area contributed by atoms with E-state index in [0.717, 1.165) is 0 Å². The predicted octanol–water partition coefficient (Wildman–Crippen LogP) is 1.18. The Labute approximate surface area is 102 Å². The molecule has 0 saturated heterocycles. The largest absolute Gasteiger partial charge is 2.00 e. The van der Waals surface area contributed by atoms with E-state index in [9.17, 15) is 9.59 Å². The first kappa shape index (κ1) is 13.4. The Bertz CT molecular complexity index is 362. The summed E-state index contributed by atoms with van der Waals surface area (Å²) in [6.45, 7) is 0. The molecule has 0 heterocycles. The summed E-state index contributed by atoms with van der Waals surface area (Å²) in [5.41, 5.74) is 0.280. The molecule has 0 saturated carbocycles. The van der Waals surface area contributed by atoms with Crippen LogP contribution in [-0.2, 0) is 4.52 Å². The molecule has 0 aliphatic carbocycles. The summed E-state index contributed by atoms with van der Waals surface area (Å²) in [6, 6.07) is 5.63. The second-order valence-electron chi connectivity index (χ2n) is 2.29. The van der Waals surface area contributed by atoms with Gasteiger partial charge in [-0.15, -0.1) is 0 Å². The van der Waals surface area contributed by atoms with E-state index < -0.39 is 11.9 Å². The van der Waals surface area contributed by atoms with E-state index in [0.29, 0.717) is 0 Å². The number of rotatable bonds is 2. The van der Waals surface area contributed by atoms with Gasteiger partial charge in [0.25, 0.3) is 0 Å². The molecule has 1 N–H and O–H groups in total. The molecule has 0 aliphatic heterocycles. The molecule has 1 aromatic carbocycles. The van der Waals surface area contributed by atoms with E-state index in [4.69, 9.17) is 5.11 Å². The molecule has 1 rings (SSSR count). The van der Waals surface area contributed by atoms with Gasteiger partial charge in [-0.25, -0.2) is 9.59 Å². The van der Waals surface area contributed by atoms with Gasteiger partial charge in [-0.3, -0.25) is 0 Å². The summed E-state index contributed by atoms with van der Waals surface area (Å²) < 4.78 is 4.36. The third kappa shape index (κ3) is 3.25. The van der Waals surface area contributed by atoms with Gasteiger partial charge < -0.3 is 12.5 Å². The predicted molar refractivity (Wildman–Crippen MR) is 56.5 cm³/mol. The maximum atomic E-state index is 11.0. The van der Waals surface area contributed by atoms with E-state index >= 15 is 0 Å². The summed E-state index contributed by atoms with van der Waals surface area (Å²) in [6.07, 6.45) is 0. The quantitative estimate of drug-likeness (QED) is 0.605. The average Bonchev–Trinajstić information content (AvgIpc) is 2.17. The Hall–Kier alpha value is -0.644. The second kappa shape index (κ2) is 5.96. The van der Waals surface area contributed by atoms with Gasteiger partial charge in [-0.2, -0.15) is 0 Å². The number of carboxylic acid groups (broad SMARTS) is 1. The van der Waals surface area contributed by atoms with E-state index in [1.54, 1.807) is 0 Å².